The van der Waals surface area contributed by atoms with Crippen molar-refractivity contribution < 1.29 is 4.79 Å². The molecule has 5 heteroatoms. The Balaban J connectivity index is 2.25. The van der Waals surface area contributed by atoms with Crippen LogP contribution in [0.2, 0.25) is 0 Å². The Kier molecular flexibility index (Phi) is 2.49. The molecule has 4 nitrogen and oxygen atoms in total. The average Bonchev–Trinajstić information content (AvgIpc) is 2.56. The van der Waals surface area contributed by atoms with E-state index < -0.39 is 0 Å². The van der Waals surface area contributed by atoms with Crippen LogP contribution in [0.5, 0.6) is 0 Å². The molecule has 1 N–H and O–H groups in total. The second-order valence-corrected chi connectivity index (χ2v) is 3.86. The van der Waals surface area contributed by atoms with Crippen LogP contribution < -0.4 is 5.32 Å². The Morgan fingerprint density at radius 2 is 2.50 bits per heavy atom. The third-order valence-corrected chi connectivity index (χ3v) is 2.65. The zero-order valence-electron chi connectivity index (χ0n) is 7.65. The zero-order valence-corrected chi connectivity index (χ0v) is 8.47. The van der Waals surface area contributed by atoms with Crippen LogP contribution in [0, 0.1) is 6.92 Å². The molecule has 72 valence electrons. The average molecular weight is 207 g/mol. The van der Waals surface area contributed by atoms with Gasteiger partial charge in [-0.25, -0.2) is 9.98 Å². The number of nitrogens with one attached hydrogen (secondary N) is 1. The predicted octanol–water partition coefficient (Wildman–Crippen LogP) is 1.24. The lowest BCUT2D eigenvalue weighted by Gasteiger charge is -1.98. The van der Waals surface area contributed by atoms with Gasteiger partial charge in [0, 0.05) is 6.20 Å². The van der Waals surface area contributed by atoms with Gasteiger partial charge in [0.1, 0.15) is 0 Å². The standard InChI is InChI=1S/C9H9N3OS/c1-6-3-2-4-10-8(6)12-9-11-7(13)5-14-9/h2-4H,5H2,1H3,(H,10,11,12,13). The van der Waals surface area contributed by atoms with Gasteiger partial charge >= 0.3 is 0 Å². The molecule has 1 aliphatic heterocycles. The van der Waals surface area contributed by atoms with E-state index in [0.29, 0.717) is 16.7 Å². The number of aromatic nitrogens is 1. The molecule has 0 atom stereocenters. The molecular weight excluding hydrogens is 198 g/mol. The molecule has 14 heavy (non-hydrogen) atoms. The van der Waals surface area contributed by atoms with Gasteiger partial charge < -0.3 is 5.32 Å². The Bertz CT molecular complexity index is 403. The van der Waals surface area contributed by atoms with Gasteiger partial charge in [-0.3, -0.25) is 4.79 Å². The quantitative estimate of drug-likeness (QED) is 0.753. The number of carbonyl (C=O) groups excluding carboxylic acids is 1. The summed E-state index contributed by atoms with van der Waals surface area (Å²) in [5.74, 6) is 1.12. The fourth-order valence-corrected chi connectivity index (χ4v) is 1.75. The van der Waals surface area contributed by atoms with Crippen LogP contribution in [0.25, 0.3) is 0 Å². The van der Waals surface area contributed by atoms with E-state index in [1.165, 1.54) is 11.8 Å². The highest BCUT2D eigenvalue weighted by atomic mass is 32.2. The van der Waals surface area contributed by atoms with E-state index in [-0.39, 0.29) is 5.91 Å². The summed E-state index contributed by atoms with van der Waals surface area (Å²) in [7, 11) is 0. The SMILES string of the molecule is Cc1cccnc1/N=C1/NC(=O)CS1. The molecule has 0 aliphatic carbocycles. The lowest BCUT2D eigenvalue weighted by molar-refractivity contribution is -0.116. The lowest BCUT2D eigenvalue weighted by Crippen LogP contribution is -2.19. The van der Waals surface area contributed by atoms with Crippen molar-refractivity contribution in [2.24, 2.45) is 4.99 Å². The van der Waals surface area contributed by atoms with Crippen molar-refractivity contribution in [1.29, 1.82) is 0 Å². The number of amidine groups is 1. The summed E-state index contributed by atoms with van der Waals surface area (Å²) < 4.78 is 0. The van der Waals surface area contributed by atoms with E-state index in [4.69, 9.17) is 0 Å². The van der Waals surface area contributed by atoms with Crippen molar-refractivity contribution in [2.45, 2.75) is 6.92 Å². The molecule has 0 spiro atoms. The van der Waals surface area contributed by atoms with Crippen LogP contribution in [0.4, 0.5) is 5.82 Å². The van der Waals surface area contributed by atoms with Crippen molar-refractivity contribution >= 4 is 28.7 Å². The van der Waals surface area contributed by atoms with Crippen LogP contribution >= 0.6 is 11.8 Å². The summed E-state index contributed by atoms with van der Waals surface area (Å²) in [6, 6.07) is 3.80. The van der Waals surface area contributed by atoms with E-state index >= 15 is 0 Å². The van der Waals surface area contributed by atoms with Gasteiger partial charge in [0.15, 0.2) is 11.0 Å². The zero-order chi connectivity index (χ0) is 9.97. The van der Waals surface area contributed by atoms with E-state index in [2.05, 4.69) is 15.3 Å². The van der Waals surface area contributed by atoms with Gasteiger partial charge in [-0.2, -0.15) is 0 Å². The van der Waals surface area contributed by atoms with Gasteiger partial charge in [0.05, 0.1) is 5.75 Å². The number of pyridine rings is 1. The highest BCUT2D eigenvalue weighted by molar-refractivity contribution is 8.15. The second-order valence-electron chi connectivity index (χ2n) is 2.90. The van der Waals surface area contributed by atoms with Gasteiger partial charge in [-0.1, -0.05) is 17.8 Å². The highest BCUT2D eigenvalue weighted by Gasteiger charge is 2.16. The molecule has 0 radical (unpaired) electrons. The number of hydrogen-bond donors (Lipinski definition) is 1. The second kappa shape index (κ2) is 3.79. The smallest absolute Gasteiger partial charge is 0.236 e. The minimum Gasteiger partial charge on any atom is -0.304 e. The Morgan fingerprint density at radius 3 is 3.14 bits per heavy atom. The highest BCUT2D eigenvalue weighted by Crippen LogP contribution is 2.18. The van der Waals surface area contributed by atoms with E-state index in [9.17, 15) is 4.79 Å². The van der Waals surface area contributed by atoms with Crippen molar-refractivity contribution in [1.82, 2.24) is 10.3 Å². The number of carbonyl (C=O) groups is 1. The van der Waals surface area contributed by atoms with Gasteiger partial charge in [0.25, 0.3) is 0 Å². The van der Waals surface area contributed by atoms with Crippen LogP contribution in [0.1, 0.15) is 5.56 Å². The molecule has 0 aromatic carbocycles. The Hall–Kier alpha value is -1.36. The van der Waals surface area contributed by atoms with E-state index in [0.717, 1.165) is 5.56 Å². The summed E-state index contributed by atoms with van der Waals surface area (Å²) in [6.07, 6.45) is 1.69. The molecule has 1 aliphatic rings. The molecule has 0 bridgehead atoms. The normalized spacial score (nSPS) is 18.6. The monoisotopic (exact) mass is 207 g/mol. The maximum absolute atomic E-state index is 10.9. The maximum atomic E-state index is 10.9. The van der Waals surface area contributed by atoms with E-state index in [1.807, 2.05) is 19.1 Å². The van der Waals surface area contributed by atoms with Crippen LogP contribution in [-0.2, 0) is 4.79 Å². The van der Waals surface area contributed by atoms with Crippen molar-refractivity contribution in [3.63, 3.8) is 0 Å². The van der Waals surface area contributed by atoms with Gasteiger partial charge in [-0.15, -0.1) is 0 Å². The fraction of sp³-hybridized carbons (Fsp3) is 0.222. The maximum Gasteiger partial charge on any atom is 0.236 e. The molecule has 1 fully saturated rings. The topological polar surface area (TPSA) is 54.4 Å². The lowest BCUT2D eigenvalue weighted by atomic mass is 10.3. The number of aryl methyl sites for hydroxylation is 1. The molecule has 2 rings (SSSR count). The molecule has 0 saturated carbocycles. The number of amides is 1. The van der Waals surface area contributed by atoms with Crippen LogP contribution in [-0.4, -0.2) is 21.8 Å². The largest absolute Gasteiger partial charge is 0.304 e. The van der Waals surface area contributed by atoms with Crippen molar-refractivity contribution in [3.05, 3.63) is 23.9 Å². The molecule has 1 aromatic rings. The Labute approximate surface area is 85.8 Å². The van der Waals surface area contributed by atoms with Crippen LogP contribution in [0.3, 0.4) is 0 Å². The first-order valence-corrected chi connectivity index (χ1v) is 5.17. The van der Waals surface area contributed by atoms with E-state index in [1.54, 1.807) is 6.20 Å². The van der Waals surface area contributed by atoms with Crippen molar-refractivity contribution in [3.8, 4) is 0 Å². The molecule has 2 heterocycles. The third-order valence-electron chi connectivity index (χ3n) is 1.78. The number of aliphatic imine (C=N–C) groups is 1. The third kappa shape index (κ3) is 1.93. The predicted molar refractivity (Wildman–Crippen MR) is 56.7 cm³/mol. The summed E-state index contributed by atoms with van der Waals surface area (Å²) in [5.41, 5.74) is 1.00. The number of thioether (sulfide) groups is 1. The summed E-state index contributed by atoms with van der Waals surface area (Å²) >= 11 is 1.40. The first-order chi connectivity index (χ1) is 6.75. The first kappa shape index (κ1) is 9.21. The fourth-order valence-electron chi connectivity index (χ4n) is 1.08. The Morgan fingerprint density at radius 1 is 1.64 bits per heavy atom. The molecule has 1 amide bonds. The minimum atomic E-state index is 0.00216. The molecular formula is C9H9N3OS. The first-order valence-electron chi connectivity index (χ1n) is 4.18. The summed E-state index contributed by atoms with van der Waals surface area (Å²) in [5, 5.41) is 3.30. The molecule has 1 aromatic heterocycles. The van der Waals surface area contributed by atoms with Crippen LogP contribution in [0.15, 0.2) is 23.3 Å². The van der Waals surface area contributed by atoms with Gasteiger partial charge in [-0.05, 0) is 18.6 Å². The number of nitrogens with zero attached hydrogens (tertiary/aromatic N) is 2. The molecule has 0 unspecified atom stereocenters. The van der Waals surface area contributed by atoms with Gasteiger partial charge in [0.2, 0.25) is 5.91 Å². The summed E-state index contributed by atoms with van der Waals surface area (Å²) in [6.45, 7) is 1.94. The minimum absolute atomic E-state index is 0.00216. The number of hydrogen-bond acceptors (Lipinski definition) is 4. The van der Waals surface area contributed by atoms with Crippen molar-refractivity contribution in [2.75, 3.05) is 5.75 Å². The number of rotatable bonds is 1. The molecule has 1 saturated heterocycles. The summed E-state index contributed by atoms with van der Waals surface area (Å²) in [4.78, 5) is 19.3.